The van der Waals surface area contributed by atoms with E-state index in [1.807, 2.05) is 6.92 Å². The number of amides is 1. The molecule has 1 aliphatic rings. The molecular weight excluding hydrogens is 375 g/mol. The van der Waals surface area contributed by atoms with Crippen LogP contribution in [0.1, 0.15) is 28.9 Å². The van der Waals surface area contributed by atoms with Gasteiger partial charge in [-0.2, -0.15) is 4.98 Å². The van der Waals surface area contributed by atoms with Crippen LogP contribution in [0.15, 0.2) is 29.0 Å². The lowest BCUT2D eigenvalue weighted by atomic mass is 10.1. The Kier molecular flexibility index (Phi) is 5.24. The molecular formula is C17H18ClFN6O2. The van der Waals surface area contributed by atoms with E-state index in [1.165, 1.54) is 17.0 Å². The van der Waals surface area contributed by atoms with E-state index < -0.39 is 5.82 Å². The van der Waals surface area contributed by atoms with E-state index in [-0.39, 0.29) is 23.9 Å². The Labute approximate surface area is 160 Å². The van der Waals surface area contributed by atoms with Gasteiger partial charge in [0.15, 0.2) is 0 Å². The summed E-state index contributed by atoms with van der Waals surface area (Å²) in [6.07, 6.45) is 1.59. The SMILES string of the molecule is CCNCc1nc(-c2ncn3c2CN(C)C(=O)c2cc(F)ccc2-3)no1.Cl. The van der Waals surface area contributed by atoms with Gasteiger partial charge in [-0.1, -0.05) is 12.1 Å². The smallest absolute Gasteiger partial charge is 0.256 e. The highest BCUT2D eigenvalue weighted by atomic mass is 35.5. The average molecular weight is 393 g/mol. The Morgan fingerprint density at radius 2 is 2.19 bits per heavy atom. The molecule has 27 heavy (non-hydrogen) atoms. The van der Waals surface area contributed by atoms with Gasteiger partial charge in [0.05, 0.1) is 30.0 Å². The summed E-state index contributed by atoms with van der Waals surface area (Å²) >= 11 is 0. The maximum absolute atomic E-state index is 13.6. The van der Waals surface area contributed by atoms with Crippen LogP contribution >= 0.6 is 12.4 Å². The van der Waals surface area contributed by atoms with E-state index in [1.54, 1.807) is 24.0 Å². The fraction of sp³-hybridized carbons (Fsp3) is 0.294. The van der Waals surface area contributed by atoms with Crippen LogP contribution in [-0.4, -0.2) is 44.1 Å². The van der Waals surface area contributed by atoms with Crippen LogP contribution in [0.5, 0.6) is 0 Å². The highest BCUT2D eigenvalue weighted by molar-refractivity contribution is 5.98. The summed E-state index contributed by atoms with van der Waals surface area (Å²) in [7, 11) is 1.66. The summed E-state index contributed by atoms with van der Waals surface area (Å²) < 4.78 is 20.7. The number of benzene rings is 1. The number of nitrogens with zero attached hydrogens (tertiary/aromatic N) is 5. The first-order valence-corrected chi connectivity index (χ1v) is 8.23. The summed E-state index contributed by atoms with van der Waals surface area (Å²) in [4.78, 5) is 22.9. The molecule has 0 unspecified atom stereocenters. The third-order valence-corrected chi connectivity index (χ3v) is 4.25. The van der Waals surface area contributed by atoms with E-state index in [0.717, 1.165) is 12.2 Å². The van der Waals surface area contributed by atoms with Gasteiger partial charge in [-0.15, -0.1) is 12.4 Å². The molecule has 1 aliphatic heterocycles. The molecule has 1 N–H and O–H groups in total. The van der Waals surface area contributed by atoms with E-state index in [4.69, 9.17) is 4.52 Å². The van der Waals surface area contributed by atoms with Crippen LogP contribution in [-0.2, 0) is 13.1 Å². The summed E-state index contributed by atoms with van der Waals surface area (Å²) in [6.45, 7) is 3.54. The number of imidazole rings is 1. The van der Waals surface area contributed by atoms with Crippen molar-refractivity contribution in [1.82, 2.24) is 29.9 Å². The van der Waals surface area contributed by atoms with Gasteiger partial charge >= 0.3 is 0 Å². The average Bonchev–Trinajstić information content (AvgIpc) is 3.24. The van der Waals surface area contributed by atoms with E-state index in [0.29, 0.717) is 36.2 Å². The van der Waals surface area contributed by atoms with E-state index in [2.05, 4.69) is 20.4 Å². The number of carbonyl (C=O) groups is 1. The number of nitrogens with one attached hydrogen (secondary N) is 1. The lowest BCUT2D eigenvalue weighted by Crippen LogP contribution is -2.25. The Bertz CT molecular complexity index is 986. The lowest BCUT2D eigenvalue weighted by Gasteiger charge is -2.14. The number of carbonyl (C=O) groups excluding carboxylic acids is 1. The van der Waals surface area contributed by atoms with Crippen molar-refractivity contribution < 1.29 is 13.7 Å². The van der Waals surface area contributed by atoms with Crippen LogP contribution in [0.4, 0.5) is 4.39 Å². The number of aromatic nitrogens is 4. The molecule has 2 aromatic heterocycles. The minimum absolute atomic E-state index is 0. The van der Waals surface area contributed by atoms with Gasteiger partial charge in [0.1, 0.15) is 17.8 Å². The molecule has 3 aromatic rings. The summed E-state index contributed by atoms with van der Waals surface area (Å²) in [5.41, 5.74) is 2.14. The topological polar surface area (TPSA) is 89.1 Å². The number of hydrogen-bond acceptors (Lipinski definition) is 6. The zero-order valence-corrected chi connectivity index (χ0v) is 15.6. The van der Waals surface area contributed by atoms with E-state index >= 15 is 0 Å². The molecule has 142 valence electrons. The molecule has 0 saturated carbocycles. The molecule has 10 heteroatoms. The normalized spacial score (nSPS) is 13.0. The molecule has 0 spiro atoms. The minimum atomic E-state index is -0.458. The highest BCUT2D eigenvalue weighted by Crippen LogP contribution is 2.29. The molecule has 8 nitrogen and oxygen atoms in total. The van der Waals surface area contributed by atoms with Crippen molar-refractivity contribution >= 4 is 18.3 Å². The fourth-order valence-corrected chi connectivity index (χ4v) is 2.97. The molecule has 1 aromatic carbocycles. The van der Waals surface area contributed by atoms with E-state index in [9.17, 15) is 9.18 Å². The number of fused-ring (bicyclic) bond motifs is 3. The largest absolute Gasteiger partial charge is 0.337 e. The second-order valence-corrected chi connectivity index (χ2v) is 6.02. The first kappa shape index (κ1) is 19.0. The van der Waals surface area contributed by atoms with Crippen molar-refractivity contribution in [2.24, 2.45) is 0 Å². The van der Waals surface area contributed by atoms with Crippen LogP contribution < -0.4 is 5.32 Å². The second kappa shape index (κ2) is 7.45. The molecule has 3 heterocycles. The quantitative estimate of drug-likeness (QED) is 0.732. The van der Waals surface area contributed by atoms with Crippen LogP contribution in [0.2, 0.25) is 0 Å². The van der Waals surface area contributed by atoms with Gasteiger partial charge in [-0.25, -0.2) is 9.37 Å². The summed E-state index contributed by atoms with van der Waals surface area (Å²) in [5, 5.41) is 7.12. The maximum atomic E-state index is 13.6. The summed E-state index contributed by atoms with van der Waals surface area (Å²) in [6, 6.07) is 4.14. The van der Waals surface area contributed by atoms with Crippen molar-refractivity contribution in [2.45, 2.75) is 20.0 Å². The Morgan fingerprint density at radius 1 is 1.37 bits per heavy atom. The van der Waals surface area contributed by atoms with Gasteiger partial charge in [0, 0.05) is 7.05 Å². The second-order valence-electron chi connectivity index (χ2n) is 6.02. The molecule has 0 bridgehead atoms. The van der Waals surface area contributed by atoms with Gasteiger partial charge in [0.2, 0.25) is 11.7 Å². The molecule has 0 fully saturated rings. The Hall–Kier alpha value is -2.78. The predicted octanol–water partition coefficient (Wildman–Crippen LogP) is 2.18. The monoisotopic (exact) mass is 392 g/mol. The van der Waals surface area contributed by atoms with Crippen LogP contribution in [0.3, 0.4) is 0 Å². The summed E-state index contributed by atoms with van der Waals surface area (Å²) in [5.74, 6) is 0.109. The third-order valence-electron chi connectivity index (χ3n) is 4.25. The fourth-order valence-electron chi connectivity index (χ4n) is 2.97. The van der Waals surface area contributed by atoms with Crippen molar-refractivity contribution in [3.8, 4) is 17.2 Å². The predicted molar refractivity (Wildman–Crippen MR) is 97.2 cm³/mol. The van der Waals surface area contributed by atoms with Crippen LogP contribution in [0.25, 0.3) is 17.2 Å². The maximum Gasteiger partial charge on any atom is 0.256 e. The zero-order chi connectivity index (χ0) is 18.3. The van der Waals surface area contributed by atoms with Gasteiger partial charge in [0.25, 0.3) is 5.91 Å². The number of hydrogen-bond donors (Lipinski definition) is 1. The van der Waals surface area contributed by atoms with Crippen molar-refractivity contribution in [2.75, 3.05) is 13.6 Å². The van der Waals surface area contributed by atoms with Crippen LogP contribution in [0, 0.1) is 5.82 Å². The van der Waals surface area contributed by atoms with Crippen molar-refractivity contribution in [3.63, 3.8) is 0 Å². The van der Waals surface area contributed by atoms with Gasteiger partial charge < -0.3 is 14.7 Å². The standard InChI is InChI=1S/C17H17FN6O2.ClH/c1-3-19-7-14-21-16(22-26-14)15-13-8-23(2)17(25)11-6-10(18)4-5-12(11)24(13)9-20-15;/h4-6,9,19H,3,7-8H2,1-2H3;1H. The minimum Gasteiger partial charge on any atom is -0.337 e. The first-order chi connectivity index (χ1) is 12.6. The molecule has 1 amide bonds. The Morgan fingerprint density at radius 3 is 2.96 bits per heavy atom. The molecule has 0 atom stereocenters. The number of halogens is 2. The molecule has 0 aliphatic carbocycles. The zero-order valence-electron chi connectivity index (χ0n) is 14.8. The third kappa shape index (κ3) is 3.31. The highest BCUT2D eigenvalue weighted by Gasteiger charge is 2.28. The lowest BCUT2D eigenvalue weighted by molar-refractivity contribution is 0.0787. The molecule has 0 saturated heterocycles. The van der Waals surface area contributed by atoms with Crippen molar-refractivity contribution in [1.29, 1.82) is 0 Å². The van der Waals surface area contributed by atoms with Gasteiger partial charge in [-0.3, -0.25) is 9.36 Å². The van der Waals surface area contributed by atoms with Crippen molar-refractivity contribution in [3.05, 3.63) is 47.5 Å². The van der Waals surface area contributed by atoms with Gasteiger partial charge in [-0.05, 0) is 24.7 Å². The Balaban J connectivity index is 0.00000210. The molecule has 4 rings (SSSR count). The first-order valence-electron chi connectivity index (χ1n) is 8.23. The number of rotatable bonds is 4. The molecule has 0 radical (unpaired) electrons.